The van der Waals surface area contributed by atoms with Crippen LogP contribution in [0, 0.1) is 0 Å². The van der Waals surface area contributed by atoms with Gasteiger partial charge in [-0.05, 0) is 37.0 Å². The summed E-state index contributed by atoms with van der Waals surface area (Å²) in [6, 6.07) is 6.02. The molecule has 0 aliphatic heterocycles. The minimum Gasteiger partial charge on any atom is -0.354 e. The van der Waals surface area contributed by atoms with E-state index in [9.17, 15) is 9.59 Å². The number of nitrogens with zero attached hydrogens (tertiary/aromatic N) is 1. The van der Waals surface area contributed by atoms with Gasteiger partial charge in [-0.15, -0.1) is 11.3 Å². The Morgan fingerprint density at radius 1 is 1.22 bits per heavy atom. The molecular weight excluding hydrogens is 330 g/mol. The highest BCUT2D eigenvalue weighted by Gasteiger charge is 2.16. The molecule has 5 nitrogen and oxygen atoms in total. The summed E-state index contributed by atoms with van der Waals surface area (Å²) in [7, 11) is 4.00. The van der Waals surface area contributed by atoms with Crippen LogP contribution in [0.15, 0.2) is 34.3 Å². The first-order chi connectivity index (χ1) is 11.1. The monoisotopic (exact) mass is 351 g/mol. The van der Waals surface area contributed by atoms with Gasteiger partial charge in [0.15, 0.2) is 0 Å². The van der Waals surface area contributed by atoms with Gasteiger partial charge < -0.3 is 15.5 Å². The third kappa shape index (κ3) is 5.46. The van der Waals surface area contributed by atoms with Crippen LogP contribution in [0.25, 0.3) is 0 Å². The van der Waals surface area contributed by atoms with Gasteiger partial charge >= 0.3 is 0 Å². The largest absolute Gasteiger partial charge is 0.354 e. The van der Waals surface area contributed by atoms with E-state index in [0.717, 1.165) is 0 Å². The van der Waals surface area contributed by atoms with Gasteiger partial charge in [0.2, 0.25) is 5.91 Å². The van der Waals surface area contributed by atoms with Crippen LogP contribution in [0.2, 0.25) is 0 Å². The molecule has 2 N–H and O–H groups in total. The summed E-state index contributed by atoms with van der Waals surface area (Å²) in [5, 5.41) is 11.4. The second-order valence-electron chi connectivity index (χ2n) is 5.32. The molecule has 0 radical (unpaired) electrons. The number of amides is 2. The highest BCUT2D eigenvalue weighted by Crippen LogP contribution is 2.22. The Bertz CT molecular complexity index is 609. The molecule has 0 aliphatic rings. The van der Waals surface area contributed by atoms with Crippen molar-refractivity contribution >= 4 is 34.5 Å². The fraction of sp³-hybridized carbons (Fsp3) is 0.375. The molecule has 0 aliphatic carbocycles. The molecule has 124 valence electrons. The summed E-state index contributed by atoms with van der Waals surface area (Å²) in [5.41, 5.74) is 0.640. The van der Waals surface area contributed by atoms with E-state index < -0.39 is 0 Å². The number of hydrogen-bond acceptors (Lipinski definition) is 5. The summed E-state index contributed by atoms with van der Waals surface area (Å²) in [4.78, 5) is 27.0. The second-order valence-corrected chi connectivity index (χ2v) is 7.08. The first-order valence-electron chi connectivity index (χ1n) is 7.35. The minimum absolute atomic E-state index is 0.0565. The Morgan fingerprint density at radius 2 is 2.04 bits per heavy atom. The Morgan fingerprint density at radius 3 is 2.65 bits per heavy atom. The van der Waals surface area contributed by atoms with Gasteiger partial charge in [-0.3, -0.25) is 9.59 Å². The molecule has 1 atom stereocenters. The fourth-order valence-corrected chi connectivity index (χ4v) is 3.66. The van der Waals surface area contributed by atoms with Crippen molar-refractivity contribution in [1.29, 1.82) is 0 Å². The molecule has 2 amide bonds. The molecule has 23 heavy (non-hydrogen) atoms. The summed E-state index contributed by atoms with van der Waals surface area (Å²) in [6.45, 7) is 0.900. The molecule has 7 heteroatoms. The third-order valence-electron chi connectivity index (χ3n) is 3.41. The number of likely N-dealkylation sites (N-methyl/N-ethyl adjacent to an activating group) is 1. The van der Waals surface area contributed by atoms with Crippen LogP contribution in [0.1, 0.15) is 27.7 Å². The second kappa shape index (κ2) is 8.81. The minimum atomic E-state index is -0.135. The van der Waals surface area contributed by atoms with Crippen molar-refractivity contribution in [3.05, 3.63) is 44.8 Å². The summed E-state index contributed by atoms with van der Waals surface area (Å²) in [5.74, 6) is -0.192. The Labute approximate surface area is 144 Å². The quantitative estimate of drug-likeness (QED) is 0.767. The molecule has 2 aromatic rings. The van der Waals surface area contributed by atoms with E-state index in [0.29, 0.717) is 18.7 Å². The smallest absolute Gasteiger partial charge is 0.252 e. The number of nitrogens with one attached hydrogen (secondary N) is 2. The van der Waals surface area contributed by atoms with E-state index in [-0.39, 0.29) is 24.3 Å². The van der Waals surface area contributed by atoms with E-state index in [4.69, 9.17) is 0 Å². The fourth-order valence-electron chi connectivity index (χ4n) is 2.10. The van der Waals surface area contributed by atoms with Crippen molar-refractivity contribution in [1.82, 2.24) is 15.5 Å². The molecule has 1 unspecified atom stereocenters. The van der Waals surface area contributed by atoms with E-state index in [1.807, 2.05) is 30.9 Å². The zero-order chi connectivity index (χ0) is 16.7. The maximum atomic E-state index is 11.9. The standard InChI is InChI=1S/C16H21N3O2S2/c1-19(2)13(14-4-3-8-23-14)10-18-15(20)5-7-17-16(21)12-6-9-22-11-12/h3-4,6,8-9,11,13H,5,7,10H2,1-2H3,(H,17,21)(H,18,20). The van der Waals surface area contributed by atoms with Crippen molar-refractivity contribution in [2.45, 2.75) is 12.5 Å². The molecule has 0 bridgehead atoms. The van der Waals surface area contributed by atoms with Crippen LogP contribution < -0.4 is 10.6 Å². The number of thiophene rings is 2. The lowest BCUT2D eigenvalue weighted by Crippen LogP contribution is -2.36. The van der Waals surface area contributed by atoms with Crippen molar-refractivity contribution in [3.8, 4) is 0 Å². The predicted octanol–water partition coefficient (Wildman–Crippen LogP) is 2.35. The molecule has 0 fully saturated rings. The number of hydrogen-bond donors (Lipinski definition) is 2. The average molecular weight is 351 g/mol. The molecule has 0 saturated carbocycles. The summed E-state index contributed by atoms with van der Waals surface area (Å²) in [6.07, 6.45) is 0.278. The lowest BCUT2D eigenvalue weighted by Gasteiger charge is -2.23. The predicted molar refractivity (Wildman–Crippen MR) is 95.0 cm³/mol. The Kier molecular flexibility index (Phi) is 6.76. The first-order valence-corrected chi connectivity index (χ1v) is 9.17. The summed E-state index contributed by atoms with van der Waals surface area (Å²) >= 11 is 3.16. The Balaban J connectivity index is 1.71. The van der Waals surface area contributed by atoms with Crippen molar-refractivity contribution in [2.24, 2.45) is 0 Å². The van der Waals surface area contributed by atoms with Gasteiger partial charge in [0.25, 0.3) is 5.91 Å². The molecule has 2 aromatic heterocycles. The van der Waals surface area contributed by atoms with E-state index in [1.54, 1.807) is 22.8 Å². The van der Waals surface area contributed by atoms with E-state index in [1.165, 1.54) is 16.2 Å². The Hall–Kier alpha value is -1.70. The van der Waals surface area contributed by atoms with Gasteiger partial charge in [0.05, 0.1) is 6.04 Å². The van der Waals surface area contributed by atoms with Gasteiger partial charge in [0.1, 0.15) is 0 Å². The van der Waals surface area contributed by atoms with Gasteiger partial charge in [-0.25, -0.2) is 0 Å². The number of rotatable bonds is 8. The van der Waals surface area contributed by atoms with Crippen LogP contribution in [0.5, 0.6) is 0 Å². The SMILES string of the molecule is CN(C)C(CNC(=O)CCNC(=O)c1ccsc1)c1cccs1. The number of carbonyl (C=O) groups excluding carboxylic acids is 2. The van der Waals surface area contributed by atoms with Crippen LogP contribution >= 0.6 is 22.7 Å². The molecule has 2 rings (SSSR count). The first kappa shape index (κ1) is 17.7. The summed E-state index contributed by atoms with van der Waals surface area (Å²) < 4.78 is 0. The van der Waals surface area contributed by atoms with Crippen LogP contribution in [0.4, 0.5) is 0 Å². The zero-order valence-electron chi connectivity index (χ0n) is 13.2. The maximum absolute atomic E-state index is 11.9. The number of carbonyl (C=O) groups is 2. The third-order valence-corrected chi connectivity index (χ3v) is 5.07. The molecule has 0 saturated heterocycles. The van der Waals surface area contributed by atoms with E-state index in [2.05, 4.69) is 21.6 Å². The molecular formula is C16H21N3O2S2. The van der Waals surface area contributed by atoms with Crippen LogP contribution in [-0.4, -0.2) is 43.9 Å². The zero-order valence-corrected chi connectivity index (χ0v) is 14.9. The molecule has 0 aromatic carbocycles. The molecule has 0 spiro atoms. The highest BCUT2D eigenvalue weighted by molar-refractivity contribution is 7.10. The average Bonchev–Trinajstić information content (AvgIpc) is 3.20. The van der Waals surface area contributed by atoms with Crippen molar-refractivity contribution in [3.63, 3.8) is 0 Å². The maximum Gasteiger partial charge on any atom is 0.252 e. The van der Waals surface area contributed by atoms with Crippen molar-refractivity contribution in [2.75, 3.05) is 27.2 Å². The normalized spacial score (nSPS) is 12.1. The van der Waals surface area contributed by atoms with Gasteiger partial charge in [-0.1, -0.05) is 6.07 Å². The van der Waals surface area contributed by atoms with Gasteiger partial charge in [-0.2, -0.15) is 11.3 Å². The van der Waals surface area contributed by atoms with E-state index >= 15 is 0 Å². The van der Waals surface area contributed by atoms with Gasteiger partial charge in [0, 0.05) is 35.3 Å². The lowest BCUT2D eigenvalue weighted by atomic mass is 10.2. The molecule has 2 heterocycles. The topological polar surface area (TPSA) is 61.4 Å². The van der Waals surface area contributed by atoms with Crippen LogP contribution in [0.3, 0.4) is 0 Å². The lowest BCUT2D eigenvalue weighted by molar-refractivity contribution is -0.121. The van der Waals surface area contributed by atoms with Crippen molar-refractivity contribution < 1.29 is 9.59 Å². The highest BCUT2D eigenvalue weighted by atomic mass is 32.1. The van der Waals surface area contributed by atoms with Crippen LogP contribution in [-0.2, 0) is 4.79 Å².